The largest absolute Gasteiger partial charge is 0.480 e. The van der Waals surface area contributed by atoms with E-state index in [0.29, 0.717) is 0 Å². The van der Waals surface area contributed by atoms with Crippen LogP contribution in [-0.2, 0) is 19.2 Å². The lowest BCUT2D eigenvalue weighted by atomic mass is 10.0. The van der Waals surface area contributed by atoms with Gasteiger partial charge in [0.05, 0.1) is 12.5 Å². The van der Waals surface area contributed by atoms with E-state index in [1.54, 1.807) is 13.8 Å². The van der Waals surface area contributed by atoms with Gasteiger partial charge in [0.2, 0.25) is 17.7 Å². The molecule has 10 heteroatoms. The molecule has 0 saturated carbocycles. The molecule has 0 aliphatic heterocycles. The molecule has 0 saturated heterocycles. The Bertz CT molecular complexity index is 443. The van der Waals surface area contributed by atoms with Gasteiger partial charge in [0.15, 0.2) is 0 Å². The van der Waals surface area contributed by atoms with Gasteiger partial charge in [-0.05, 0) is 5.92 Å². The van der Waals surface area contributed by atoms with Crippen LogP contribution in [0.5, 0.6) is 0 Å². The second-order valence-electron chi connectivity index (χ2n) is 5.08. The van der Waals surface area contributed by atoms with Crippen molar-refractivity contribution in [2.24, 2.45) is 17.4 Å². The smallest absolute Gasteiger partial charge is 0.327 e. The molecule has 0 radical (unpaired) electrons. The van der Waals surface area contributed by atoms with Gasteiger partial charge in [-0.15, -0.1) is 0 Å². The van der Waals surface area contributed by atoms with Crippen LogP contribution in [0, 0.1) is 5.92 Å². The molecule has 0 aliphatic rings. The van der Waals surface area contributed by atoms with Crippen molar-refractivity contribution in [1.82, 2.24) is 10.6 Å². The number of aliphatic carboxylic acids is 1. The fourth-order valence-corrected chi connectivity index (χ4v) is 1.69. The molecule has 0 aliphatic carbocycles. The fourth-order valence-electron chi connectivity index (χ4n) is 1.44. The van der Waals surface area contributed by atoms with Crippen molar-refractivity contribution in [2.75, 3.05) is 5.75 Å². The number of carboxylic acid groups (broad SMARTS) is 1. The zero-order valence-electron chi connectivity index (χ0n) is 12.4. The van der Waals surface area contributed by atoms with Crippen LogP contribution in [0.15, 0.2) is 0 Å². The molecule has 0 aromatic carbocycles. The minimum Gasteiger partial charge on any atom is -0.480 e. The molecular weight excluding hydrogens is 312 g/mol. The highest BCUT2D eigenvalue weighted by atomic mass is 32.1. The second-order valence-corrected chi connectivity index (χ2v) is 5.45. The molecule has 0 aromatic rings. The van der Waals surface area contributed by atoms with Crippen molar-refractivity contribution < 1.29 is 24.3 Å². The Kier molecular flexibility index (Phi) is 8.50. The Morgan fingerprint density at radius 3 is 1.95 bits per heavy atom. The van der Waals surface area contributed by atoms with Crippen molar-refractivity contribution in [3.8, 4) is 0 Å². The van der Waals surface area contributed by atoms with E-state index in [4.69, 9.17) is 16.6 Å². The van der Waals surface area contributed by atoms with Crippen LogP contribution in [0.2, 0.25) is 0 Å². The number of nitrogens with two attached hydrogens (primary N) is 2. The molecule has 9 nitrogen and oxygen atoms in total. The summed E-state index contributed by atoms with van der Waals surface area (Å²) < 4.78 is 0. The van der Waals surface area contributed by atoms with E-state index in [9.17, 15) is 19.2 Å². The first-order chi connectivity index (χ1) is 10.1. The van der Waals surface area contributed by atoms with Gasteiger partial charge in [0, 0.05) is 5.75 Å². The van der Waals surface area contributed by atoms with Gasteiger partial charge in [0.1, 0.15) is 12.1 Å². The van der Waals surface area contributed by atoms with E-state index in [1.165, 1.54) is 0 Å². The average Bonchev–Trinajstić information content (AvgIpc) is 2.41. The van der Waals surface area contributed by atoms with E-state index in [1.807, 2.05) is 0 Å². The summed E-state index contributed by atoms with van der Waals surface area (Å²) in [5.74, 6) is -3.91. The minimum absolute atomic E-state index is 0.149. The summed E-state index contributed by atoms with van der Waals surface area (Å²) in [7, 11) is 0. The summed E-state index contributed by atoms with van der Waals surface area (Å²) in [4.78, 5) is 45.8. The zero-order chi connectivity index (χ0) is 17.4. The third-order valence-electron chi connectivity index (χ3n) is 2.86. The average molecular weight is 334 g/mol. The lowest BCUT2D eigenvalue weighted by molar-refractivity contribution is -0.141. The van der Waals surface area contributed by atoms with E-state index in [0.717, 1.165) is 0 Å². The maximum Gasteiger partial charge on any atom is 0.327 e. The maximum atomic E-state index is 12.0. The molecule has 0 fully saturated rings. The number of nitrogens with one attached hydrogen (secondary N) is 2. The van der Waals surface area contributed by atoms with Gasteiger partial charge in [-0.25, -0.2) is 4.79 Å². The lowest BCUT2D eigenvalue weighted by Crippen LogP contribution is -2.56. The summed E-state index contributed by atoms with van der Waals surface area (Å²) in [5, 5.41) is 13.3. The standard InChI is InChI=1S/C12H22N4O5S/c1-5(2)9(14)11(19)15-6(3-8(13)17)10(18)16-7(4-22)12(20)21/h5-7,9,22H,3-4,14H2,1-2H3,(H2,13,17)(H,15,19)(H,16,18)(H,20,21). The van der Waals surface area contributed by atoms with Crippen LogP contribution >= 0.6 is 12.6 Å². The van der Waals surface area contributed by atoms with Gasteiger partial charge in [-0.3, -0.25) is 14.4 Å². The number of amides is 3. The Hall–Kier alpha value is -1.81. The summed E-state index contributed by atoms with van der Waals surface area (Å²) in [6, 6.07) is -3.42. The molecule has 0 heterocycles. The van der Waals surface area contributed by atoms with Crippen LogP contribution < -0.4 is 22.1 Å². The first kappa shape index (κ1) is 20.2. The Morgan fingerprint density at radius 2 is 1.59 bits per heavy atom. The third-order valence-corrected chi connectivity index (χ3v) is 3.22. The molecule has 0 rings (SSSR count). The number of thiol groups is 1. The predicted molar refractivity (Wildman–Crippen MR) is 82.0 cm³/mol. The van der Waals surface area contributed by atoms with Crippen molar-refractivity contribution in [1.29, 1.82) is 0 Å². The summed E-state index contributed by atoms with van der Waals surface area (Å²) >= 11 is 3.80. The van der Waals surface area contributed by atoms with Crippen molar-refractivity contribution in [3.05, 3.63) is 0 Å². The van der Waals surface area contributed by atoms with Crippen molar-refractivity contribution in [2.45, 2.75) is 38.4 Å². The molecule has 0 aromatic heterocycles. The monoisotopic (exact) mass is 334 g/mol. The number of hydrogen-bond acceptors (Lipinski definition) is 6. The molecule has 3 atom stereocenters. The van der Waals surface area contributed by atoms with Crippen molar-refractivity contribution >= 4 is 36.3 Å². The molecule has 0 bridgehead atoms. The Morgan fingerprint density at radius 1 is 1.09 bits per heavy atom. The number of primary amides is 1. The number of rotatable bonds is 9. The number of hydrogen-bond donors (Lipinski definition) is 6. The highest BCUT2D eigenvalue weighted by Gasteiger charge is 2.29. The van der Waals surface area contributed by atoms with Crippen LogP contribution in [0.1, 0.15) is 20.3 Å². The normalized spacial score (nSPS) is 14.8. The van der Waals surface area contributed by atoms with Crippen LogP contribution in [0.25, 0.3) is 0 Å². The minimum atomic E-state index is -1.29. The highest BCUT2D eigenvalue weighted by molar-refractivity contribution is 7.80. The molecular formula is C12H22N4O5S. The predicted octanol–water partition coefficient (Wildman–Crippen LogP) is -2.17. The third kappa shape index (κ3) is 6.76. The number of carbonyl (C=O) groups excluding carboxylic acids is 3. The first-order valence-electron chi connectivity index (χ1n) is 6.58. The summed E-state index contributed by atoms with van der Waals surface area (Å²) in [6.07, 6.45) is -0.471. The van der Waals surface area contributed by atoms with Gasteiger partial charge >= 0.3 is 5.97 Å². The molecule has 126 valence electrons. The second kappa shape index (κ2) is 9.26. The number of carboxylic acids is 1. The van der Waals surface area contributed by atoms with E-state index >= 15 is 0 Å². The van der Waals surface area contributed by atoms with Crippen LogP contribution in [0.4, 0.5) is 0 Å². The van der Waals surface area contributed by atoms with Gasteiger partial charge < -0.3 is 27.2 Å². The first-order valence-corrected chi connectivity index (χ1v) is 7.21. The fraction of sp³-hybridized carbons (Fsp3) is 0.667. The highest BCUT2D eigenvalue weighted by Crippen LogP contribution is 2.01. The topological polar surface area (TPSA) is 165 Å². The maximum absolute atomic E-state index is 12.0. The molecule has 3 unspecified atom stereocenters. The molecule has 0 spiro atoms. The van der Waals surface area contributed by atoms with Crippen LogP contribution in [-0.4, -0.2) is 52.7 Å². The molecule has 22 heavy (non-hydrogen) atoms. The quantitative estimate of drug-likeness (QED) is 0.263. The molecule has 3 amide bonds. The van der Waals surface area contributed by atoms with Gasteiger partial charge in [-0.1, -0.05) is 13.8 Å². The summed E-state index contributed by atoms with van der Waals surface area (Å²) in [6.45, 7) is 3.43. The van der Waals surface area contributed by atoms with Gasteiger partial charge in [-0.2, -0.15) is 12.6 Å². The van der Waals surface area contributed by atoms with Gasteiger partial charge in [0.25, 0.3) is 0 Å². The van der Waals surface area contributed by atoms with Crippen molar-refractivity contribution in [3.63, 3.8) is 0 Å². The number of carbonyl (C=O) groups is 4. The van der Waals surface area contributed by atoms with Crippen LogP contribution in [0.3, 0.4) is 0 Å². The lowest BCUT2D eigenvalue weighted by Gasteiger charge is -2.22. The van der Waals surface area contributed by atoms with E-state index < -0.39 is 48.2 Å². The Balaban J connectivity index is 4.97. The summed E-state index contributed by atoms with van der Waals surface area (Å²) in [5.41, 5.74) is 10.7. The van der Waals surface area contributed by atoms with E-state index in [2.05, 4.69) is 23.3 Å². The van der Waals surface area contributed by atoms with E-state index in [-0.39, 0.29) is 11.7 Å². The SMILES string of the molecule is CC(C)C(N)C(=O)NC(CC(N)=O)C(=O)NC(CS)C(=O)O. The zero-order valence-corrected chi connectivity index (χ0v) is 13.3. The Labute approximate surface area is 133 Å². The molecule has 7 N–H and O–H groups in total.